The third-order valence-electron chi connectivity index (χ3n) is 3.10. The number of pyridine rings is 1. The van der Waals surface area contributed by atoms with Crippen molar-refractivity contribution >= 4 is 26.9 Å². The number of alkyl halides is 3. The molecule has 1 heterocycles. The molecule has 11 heteroatoms. The van der Waals surface area contributed by atoms with Crippen LogP contribution in [0.3, 0.4) is 0 Å². The number of nitrogen functional groups attached to an aromatic ring is 1. The summed E-state index contributed by atoms with van der Waals surface area (Å²) in [6.07, 6.45) is -5.01. The number of nitrogens with zero attached hydrogens (tertiary/aromatic N) is 1. The van der Waals surface area contributed by atoms with Crippen LogP contribution in [-0.4, -0.2) is 24.1 Å². The Morgan fingerprint density at radius 3 is 2.43 bits per heavy atom. The Hall–Kier alpha value is -2.11. The molecule has 126 valence electrons. The average molecular weight is 352 g/mol. The van der Waals surface area contributed by atoms with Crippen LogP contribution < -0.4 is 11.3 Å². The third kappa shape index (κ3) is 2.90. The summed E-state index contributed by atoms with van der Waals surface area (Å²) in [6.45, 7) is -0.288. The van der Waals surface area contributed by atoms with E-state index in [4.69, 9.17) is 10.5 Å². The number of methoxy groups -OCH3 is 1. The van der Waals surface area contributed by atoms with Gasteiger partial charge in [0, 0.05) is 12.5 Å². The fourth-order valence-electron chi connectivity index (χ4n) is 2.30. The van der Waals surface area contributed by atoms with Crippen LogP contribution in [0.2, 0.25) is 0 Å². The van der Waals surface area contributed by atoms with Crippen molar-refractivity contribution in [2.75, 3.05) is 12.8 Å². The molecule has 0 spiro atoms. The molecule has 0 atom stereocenters. The van der Waals surface area contributed by atoms with Gasteiger partial charge < -0.3 is 10.5 Å². The van der Waals surface area contributed by atoms with Gasteiger partial charge >= 0.3 is 16.5 Å². The SMILES string of the molecule is COCc1cccc2c1c(C(F)(F)F)c(N)c(=O)n2S(=O)(=O)O. The van der Waals surface area contributed by atoms with Crippen molar-refractivity contribution in [3.8, 4) is 0 Å². The van der Waals surface area contributed by atoms with E-state index >= 15 is 0 Å². The first kappa shape index (κ1) is 17.2. The summed E-state index contributed by atoms with van der Waals surface area (Å²) in [5.41, 5.74) is 0.0685. The fourth-order valence-corrected chi connectivity index (χ4v) is 3.01. The first-order valence-electron chi connectivity index (χ1n) is 6.00. The van der Waals surface area contributed by atoms with Gasteiger partial charge in [0.25, 0.3) is 5.56 Å². The number of ether oxygens (including phenoxy) is 1. The van der Waals surface area contributed by atoms with E-state index in [-0.39, 0.29) is 16.1 Å². The number of benzene rings is 1. The van der Waals surface area contributed by atoms with Crippen molar-refractivity contribution in [1.29, 1.82) is 0 Å². The largest absolute Gasteiger partial charge is 0.419 e. The lowest BCUT2D eigenvalue weighted by Gasteiger charge is -2.18. The van der Waals surface area contributed by atoms with Crippen LogP contribution in [0.4, 0.5) is 18.9 Å². The van der Waals surface area contributed by atoms with E-state index in [1.54, 1.807) is 0 Å². The second-order valence-electron chi connectivity index (χ2n) is 4.58. The highest BCUT2D eigenvalue weighted by molar-refractivity contribution is 7.84. The summed E-state index contributed by atoms with van der Waals surface area (Å²) in [5, 5.41) is -0.628. The van der Waals surface area contributed by atoms with Crippen LogP contribution in [0.5, 0.6) is 0 Å². The summed E-state index contributed by atoms with van der Waals surface area (Å²) in [5.74, 6) is 0. The summed E-state index contributed by atoms with van der Waals surface area (Å²) in [4.78, 5) is 11.9. The minimum absolute atomic E-state index is 0.0403. The first-order chi connectivity index (χ1) is 10.5. The van der Waals surface area contributed by atoms with Gasteiger partial charge in [-0.2, -0.15) is 25.6 Å². The van der Waals surface area contributed by atoms with Gasteiger partial charge in [-0.25, -0.2) is 0 Å². The van der Waals surface area contributed by atoms with E-state index in [0.29, 0.717) is 0 Å². The van der Waals surface area contributed by atoms with Crippen LogP contribution in [0.1, 0.15) is 11.1 Å². The molecule has 23 heavy (non-hydrogen) atoms. The second kappa shape index (κ2) is 5.51. The highest BCUT2D eigenvalue weighted by Crippen LogP contribution is 2.39. The molecule has 0 radical (unpaired) electrons. The Morgan fingerprint density at radius 2 is 1.96 bits per heavy atom. The standard InChI is InChI=1S/C12H11F3N2O5S/c1-22-5-6-3-2-4-7-8(6)9(12(13,14)15)10(16)11(18)17(7)23(19,20)21/h2-4H,5,16H2,1H3,(H,19,20,21). The zero-order valence-corrected chi connectivity index (χ0v) is 12.4. The van der Waals surface area contributed by atoms with Gasteiger partial charge in [-0.15, -0.1) is 0 Å². The van der Waals surface area contributed by atoms with E-state index < -0.39 is 44.2 Å². The van der Waals surface area contributed by atoms with E-state index in [2.05, 4.69) is 0 Å². The van der Waals surface area contributed by atoms with Crippen LogP contribution >= 0.6 is 0 Å². The first-order valence-corrected chi connectivity index (χ1v) is 7.40. The zero-order valence-electron chi connectivity index (χ0n) is 11.6. The lowest BCUT2D eigenvalue weighted by Crippen LogP contribution is -2.32. The van der Waals surface area contributed by atoms with E-state index in [1.165, 1.54) is 19.2 Å². The van der Waals surface area contributed by atoms with Crippen molar-refractivity contribution in [3.63, 3.8) is 0 Å². The topological polar surface area (TPSA) is 112 Å². The molecule has 0 fully saturated rings. The van der Waals surface area contributed by atoms with Crippen molar-refractivity contribution < 1.29 is 30.9 Å². The molecule has 0 saturated heterocycles. The Morgan fingerprint density at radius 1 is 1.35 bits per heavy atom. The third-order valence-corrected chi connectivity index (χ3v) is 3.92. The zero-order chi connectivity index (χ0) is 17.6. The van der Waals surface area contributed by atoms with Crippen LogP contribution in [0.15, 0.2) is 23.0 Å². The molecule has 1 aromatic heterocycles. The molecule has 0 saturated carbocycles. The Labute approximate surface area is 128 Å². The predicted molar refractivity (Wildman–Crippen MR) is 75.3 cm³/mol. The molecule has 0 unspecified atom stereocenters. The minimum Gasteiger partial charge on any atom is -0.394 e. The van der Waals surface area contributed by atoms with E-state index in [1.807, 2.05) is 0 Å². The maximum atomic E-state index is 13.3. The Bertz CT molecular complexity index is 934. The van der Waals surface area contributed by atoms with Crippen LogP contribution in [0, 0.1) is 0 Å². The highest BCUT2D eigenvalue weighted by atomic mass is 32.2. The molecular weight excluding hydrogens is 341 g/mol. The summed E-state index contributed by atoms with van der Waals surface area (Å²) >= 11 is 0. The number of anilines is 1. The van der Waals surface area contributed by atoms with Crippen LogP contribution in [0.25, 0.3) is 10.9 Å². The molecule has 2 rings (SSSR count). The molecular formula is C12H11F3N2O5S. The monoisotopic (exact) mass is 352 g/mol. The van der Waals surface area contributed by atoms with Gasteiger partial charge in [0.15, 0.2) is 0 Å². The molecule has 3 N–H and O–H groups in total. The number of fused-ring (bicyclic) bond motifs is 1. The number of hydrogen-bond acceptors (Lipinski definition) is 5. The molecule has 0 bridgehead atoms. The summed E-state index contributed by atoms with van der Waals surface area (Å²) < 4.78 is 76.6. The van der Waals surface area contributed by atoms with Crippen LogP contribution in [-0.2, 0) is 27.8 Å². The number of aromatic nitrogens is 1. The molecule has 0 aliphatic carbocycles. The normalized spacial score (nSPS) is 12.7. The number of rotatable bonds is 3. The smallest absolute Gasteiger partial charge is 0.394 e. The number of nitrogens with two attached hydrogens (primary N) is 1. The Kier molecular flexibility index (Phi) is 4.13. The lowest BCUT2D eigenvalue weighted by atomic mass is 10.0. The average Bonchev–Trinajstić information content (AvgIpc) is 2.38. The van der Waals surface area contributed by atoms with Gasteiger partial charge in [-0.1, -0.05) is 12.1 Å². The molecule has 0 amide bonds. The van der Waals surface area contributed by atoms with E-state index in [9.17, 15) is 30.9 Å². The van der Waals surface area contributed by atoms with Crippen molar-refractivity contribution in [2.45, 2.75) is 12.8 Å². The lowest BCUT2D eigenvalue weighted by molar-refractivity contribution is -0.135. The van der Waals surface area contributed by atoms with Crippen molar-refractivity contribution in [2.24, 2.45) is 0 Å². The quantitative estimate of drug-likeness (QED) is 0.808. The summed E-state index contributed by atoms with van der Waals surface area (Å²) in [6, 6.07) is 3.45. The van der Waals surface area contributed by atoms with Crippen molar-refractivity contribution in [1.82, 2.24) is 3.97 Å². The predicted octanol–water partition coefficient (Wildman–Crippen LogP) is 1.40. The van der Waals surface area contributed by atoms with Gasteiger partial charge in [0.1, 0.15) is 5.69 Å². The minimum atomic E-state index is -5.16. The molecule has 7 nitrogen and oxygen atoms in total. The Balaban J connectivity index is 3.21. The molecule has 2 aromatic rings. The summed E-state index contributed by atoms with van der Waals surface area (Å²) in [7, 11) is -3.93. The van der Waals surface area contributed by atoms with E-state index in [0.717, 1.165) is 6.07 Å². The van der Waals surface area contributed by atoms with Gasteiger partial charge in [-0.3, -0.25) is 9.35 Å². The maximum Gasteiger partial charge on any atom is 0.419 e. The number of hydrogen-bond donors (Lipinski definition) is 2. The van der Waals surface area contributed by atoms with Crippen molar-refractivity contribution in [3.05, 3.63) is 39.7 Å². The fraction of sp³-hybridized carbons (Fsp3) is 0.250. The molecule has 0 aliphatic heterocycles. The molecule has 0 aliphatic rings. The van der Waals surface area contributed by atoms with Gasteiger partial charge in [0.05, 0.1) is 17.7 Å². The highest BCUT2D eigenvalue weighted by Gasteiger charge is 2.39. The second-order valence-corrected chi connectivity index (χ2v) is 5.84. The molecule has 1 aromatic carbocycles. The maximum absolute atomic E-state index is 13.3. The van der Waals surface area contributed by atoms with Gasteiger partial charge in [-0.05, 0) is 11.6 Å². The number of halogens is 3. The van der Waals surface area contributed by atoms with Gasteiger partial charge in [0.2, 0.25) is 0 Å².